The number of aromatic amines is 1. The third-order valence-corrected chi connectivity index (χ3v) is 1.72. The summed E-state index contributed by atoms with van der Waals surface area (Å²) in [6.07, 6.45) is 3.63. The van der Waals surface area contributed by atoms with Gasteiger partial charge in [0.15, 0.2) is 11.5 Å². The van der Waals surface area contributed by atoms with Crippen LogP contribution in [0.3, 0.4) is 0 Å². The molecule has 1 aliphatic rings. The van der Waals surface area contributed by atoms with Gasteiger partial charge in [-0.25, -0.2) is 0 Å². The molecule has 0 bridgehead atoms. The number of hydrogen-bond acceptors (Lipinski definition) is 2. The number of aromatic nitrogens is 1. The van der Waals surface area contributed by atoms with Crippen molar-refractivity contribution >= 4 is 0 Å². The average molecular weight is 153 g/mol. The second kappa shape index (κ2) is 2.49. The van der Waals surface area contributed by atoms with Crippen LogP contribution < -0.4 is 9.47 Å². The van der Waals surface area contributed by atoms with Crippen LogP contribution in [0.25, 0.3) is 0 Å². The van der Waals surface area contributed by atoms with Crippen LogP contribution in [0.15, 0.2) is 12.4 Å². The molecule has 1 aromatic rings. The van der Waals surface area contributed by atoms with Crippen molar-refractivity contribution in [2.75, 3.05) is 13.2 Å². The molecule has 0 radical (unpaired) electrons. The molecule has 0 aliphatic carbocycles. The summed E-state index contributed by atoms with van der Waals surface area (Å²) in [5, 5.41) is 0. The van der Waals surface area contributed by atoms with E-state index >= 15 is 0 Å². The summed E-state index contributed by atoms with van der Waals surface area (Å²) in [6.45, 7) is 3.59. The zero-order chi connectivity index (χ0) is 7.68. The molecule has 1 N–H and O–H groups in total. The average Bonchev–Trinajstić information content (AvgIpc) is 2.38. The molecule has 2 heterocycles. The lowest BCUT2D eigenvalue weighted by molar-refractivity contribution is 0.227. The van der Waals surface area contributed by atoms with Crippen molar-refractivity contribution in [3.63, 3.8) is 0 Å². The van der Waals surface area contributed by atoms with Crippen molar-refractivity contribution in [3.05, 3.63) is 12.4 Å². The summed E-state index contributed by atoms with van der Waals surface area (Å²) < 4.78 is 10.9. The van der Waals surface area contributed by atoms with Gasteiger partial charge < -0.3 is 14.5 Å². The number of H-pyrrole nitrogens is 1. The normalized spacial score (nSPS) is 17.9. The quantitative estimate of drug-likeness (QED) is 0.611. The molecule has 0 aromatic carbocycles. The van der Waals surface area contributed by atoms with E-state index in [9.17, 15) is 0 Å². The third-order valence-electron chi connectivity index (χ3n) is 1.72. The van der Waals surface area contributed by atoms with Gasteiger partial charge in [-0.15, -0.1) is 0 Å². The molecule has 0 saturated heterocycles. The van der Waals surface area contributed by atoms with E-state index in [0.29, 0.717) is 5.92 Å². The van der Waals surface area contributed by atoms with Crippen LogP contribution >= 0.6 is 0 Å². The molecule has 0 amide bonds. The molecule has 11 heavy (non-hydrogen) atoms. The summed E-state index contributed by atoms with van der Waals surface area (Å²) in [6, 6.07) is 0. The number of hydrogen-bond donors (Lipinski definition) is 1. The predicted molar refractivity (Wildman–Crippen MR) is 40.9 cm³/mol. The first kappa shape index (κ1) is 6.58. The van der Waals surface area contributed by atoms with Gasteiger partial charge in [-0.3, -0.25) is 0 Å². The first-order valence-electron chi connectivity index (χ1n) is 3.78. The van der Waals surface area contributed by atoms with Gasteiger partial charge in [-0.1, -0.05) is 6.92 Å². The molecular weight excluding hydrogens is 142 g/mol. The molecule has 1 aliphatic heterocycles. The van der Waals surface area contributed by atoms with E-state index in [1.165, 1.54) is 0 Å². The standard InChI is InChI=1S/C8H11NO2/c1-6-4-10-7-2-9-3-8(7)11-5-6/h2-3,6,9H,4-5H2,1H3. The van der Waals surface area contributed by atoms with Crippen LogP contribution in [-0.4, -0.2) is 18.2 Å². The fourth-order valence-electron chi connectivity index (χ4n) is 1.07. The molecule has 60 valence electrons. The van der Waals surface area contributed by atoms with E-state index in [-0.39, 0.29) is 0 Å². The lowest BCUT2D eigenvalue weighted by atomic mass is 10.2. The van der Waals surface area contributed by atoms with Gasteiger partial charge in [0.25, 0.3) is 0 Å². The Morgan fingerprint density at radius 1 is 1.27 bits per heavy atom. The van der Waals surface area contributed by atoms with Crippen molar-refractivity contribution in [2.24, 2.45) is 5.92 Å². The van der Waals surface area contributed by atoms with Crippen LogP contribution in [-0.2, 0) is 0 Å². The monoisotopic (exact) mass is 153 g/mol. The molecule has 0 atom stereocenters. The van der Waals surface area contributed by atoms with Gasteiger partial charge in [0.2, 0.25) is 0 Å². The second-order valence-electron chi connectivity index (χ2n) is 2.91. The largest absolute Gasteiger partial charge is 0.488 e. The molecule has 2 rings (SSSR count). The minimum absolute atomic E-state index is 0.474. The van der Waals surface area contributed by atoms with Crippen LogP contribution in [0.4, 0.5) is 0 Å². The zero-order valence-electron chi connectivity index (χ0n) is 6.46. The molecule has 3 heteroatoms. The number of fused-ring (bicyclic) bond motifs is 1. The Balaban J connectivity index is 2.20. The molecular formula is C8H11NO2. The maximum Gasteiger partial charge on any atom is 0.178 e. The van der Waals surface area contributed by atoms with Gasteiger partial charge in [-0.2, -0.15) is 0 Å². The van der Waals surface area contributed by atoms with E-state index in [1.807, 2.05) is 12.4 Å². The Bertz CT molecular complexity index is 221. The van der Waals surface area contributed by atoms with E-state index in [0.717, 1.165) is 24.7 Å². The zero-order valence-corrected chi connectivity index (χ0v) is 6.46. The Labute approximate surface area is 65.3 Å². The van der Waals surface area contributed by atoms with Crippen LogP contribution in [0, 0.1) is 5.92 Å². The lowest BCUT2D eigenvalue weighted by Gasteiger charge is -2.04. The molecule has 0 unspecified atom stereocenters. The predicted octanol–water partition coefficient (Wildman–Crippen LogP) is 1.42. The topological polar surface area (TPSA) is 34.2 Å². The highest BCUT2D eigenvalue weighted by atomic mass is 16.5. The maximum absolute atomic E-state index is 5.44. The Hall–Kier alpha value is -1.12. The Kier molecular flexibility index (Phi) is 1.49. The molecule has 0 saturated carbocycles. The minimum Gasteiger partial charge on any atom is -0.488 e. The van der Waals surface area contributed by atoms with E-state index in [1.54, 1.807) is 0 Å². The fraction of sp³-hybridized carbons (Fsp3) is 0.500. The van der Waals surface area contributed by atoms with Gasteiger partial charge in [-0.05, 0) is 0 Å². The minimum atomic E-state index is 0.474. The molecule has 0 spiro atoms. The SMILES string of the molecule is CC1COc2c[nH]cc2OC1. The van der Waals surface area contributed by atoms with Crippen LogP contribution in [0.5, 0.6) is 11.5 Å². The van der Waals surface area contributed by atoms with Crippen molar-refractivity contribution in [2.45, 2.75) is 6.92 Å². The number of rotatable bonds is 0. The van der Waals surface area contributed by atoms with E-state index in [2.05, 4.69) is 11.9 Å². The van der Waals surface area contributed by atoms with Gasteiger partial charge in [0.05, 0.1) is 13.2 Å². The highest BCUT2D eigenvalue weighted by Crippen LogP contribution is 2.29. The smallest absolute Gasteiger partial charge is 0.178 e. The summed E-state index contributed by atoms with van der Waals surface area (Å²) in [7, 11) is 0. The highest BCUT2D eigenvalue weighted by Gasteiger charge is 2.14. The van der Waals surface area contributed by atoms with Crippen LogP contribution in [0.2, 0.25) is 0 Å². The van der Waals surface area contributed by atoms with E-state index in [4.69, 9.17) is 9.47 Å². The molecule has 1 aromatic heterocycles. The number of nitrogens with one attached hydrogen (secondary N) is 1. The Morgan fingerprint density at radius 3 is 2.36 bits per heavy atom. The molecule has 0 fully saturated rings. The van der Waals surface area contributed by atoms with Crippen molar-refractivity contribution < 1.29 is 9.47 Å². The van der Waals surface area contributed by atoms with Crippen molar-refractivity contribution in [3.8, 4) is 11.5 Å². The summed E-state index contributed by atoms with van der Waals surface area (Å²) in [5.74, 6) is 2.13. The van der Waals surface area contributed by atoms with Crippen LogP contribution in [0.1, 0.15) is 6.92 Å². The lowest BCUT2D eigenvalue weighted by Crippen LogP contribution is -2.12. The highest BCUT2D eigenvalue weighted by molar-refractivity contribution is 5.37. The van der Waals surface area contributed by atoms with Crippen molar-refractivity contribution in [1.82, 2.24) is 4.98 Å². The van der Waals surface area contributed by atoms with Gasteiger partial charge in [0.1, 0.15) is 0 Å². The second-order valence-corrected chi connectivity index (χ2v) is 2.91. The van der Waals surface area contributed by atoms with E-state index < -0.39 is 0 Å². The summed E-state index contributed by atoms with van der Waals surface area (Å²) in [4.78, 5) is 2.93. The summed E-state index contributed by atoms with van der Waals surface area (Å²) in [5.41, 5.74) is 0. The first-order valence-corrected chi connectivity index (χ1v) is 3.78. The van der Waals surface area contributed by atoms with Gasteiger partial charge in [0, 0.05) is 18.3 Å². The molecule has 3 nitrogen and oxygen atoms in total. The first-order chi connectivity index (χ1) is 5.36. The third kappa shape index (κ3) is 1.18. The fourth-order valence-corrected chi connectivity index (χ4v) is 1.07. The number of ether oxygens (including phenoxy) is 2. The van der Waals surface area contributed by atoms with Crippen molar-refractivity contribution in [1.29, 1.82) is 0 Å². The summed E-state index contributed by atoms with van der Waals surface area (Å²) >= 11 is 0. The van der Waals surface area contributed by atoms with Gasteiger partial charge >= 0.3 is 0 Å². The Morgan fingerprint density at radius 2 is 1.82 bits per heavy atom. The maximum atomic E-state index is 5.44.